The summed E-state index contributed by atoms with van der Waals surface area (Å²) in [6, 6.07) is 36.3. The predicted molar refractivity (Wildman–Crippen MR) is 434 cm³/mol. The van der Waals surface area contributed by atoms with Crippen molar-refractivity contribution in [3.63, 3.8) is 0 Å². The van der Waals surface area contributed by atoms with Crippen LogP contribution in [0.15, 0.2) is 146 Å². The Morgan fingerprint density at radius 3 is 1.28 bits per heavy atom. The molecule has 0 saturated carbocycles. The SMILES string of the molecule is CCCCCCCCc1c[n+]2c(c3c1CCCC3)-c1ccccc1C2.CCCCCCc1ccc2c(c1)C[n+]1ccc3c(c1-2)CCCC3.FC(F)(F)c1ccc2c(c1)C[n+]1ccc3c(c1-2)CCCC3.Fc1c(F)c(F)c(-c2ccc3c(c2)C[n+]2ccc4c(c2-3)CCCC4)c(F)c1F.Fc1cc(F)c2c(c1)C[n+]1ccc3c(c1-2)CCCC3. The van der Waals surface area contributed by atoms with E-state index in [1.807, 2.05) is 18.6 Å². The number of fused-ring (bicyclic) bond motifs is 25. The van der Waals surface area contributed by atoms with E-state index in [4.69, 9.17) is 0 Å². The fourth-order valence-corrected chi connectivity index (χ4v) is 20.6. The van der Waals surface area contributed by atoms with Crippen molar-refractivity contribution in [3.8, 4) is 67.4 Å². The minimum Gasteiger partial charge on any atom is -0.207 e. The quantitative estimate of drug-likeness (QED) is 0.0360. The van der Waals surface area contributed by atoms with E-state index in [0.29, 0.717) is 25.2 Å². The zero-order valence-electron chi connectivity index (χ0n) is 67.0. The third-order valence-electron chi connectivity index (χ3n) is 26.3. The molecule has 116 heavy (non-hydrogen) atoms. The van der Waals surface area contributed by atoms with Crippen LogP contribution in [-0.2, 0) is 116 Å². The molecule has 5 aliphatic heterocycles. The number of pyridine rings is 5. The smallest absolute Gasteiger partial charge is 0.207 e. The number of halogens is 10. The molecule has 0 spiro atoms. The van der Waals surface area contributed by atoms with Crippen molar-refractivity contribution >= 4 is 0 Å². The normalized spacial score (nSPS) is 15.3. The number of benzene rings is 6. The highest BCUT2D eigenvalue weighted by Gasteiger charge is 2.41. The van der Waals surface area contributed by atoms with Crippen LogP contribution in [0.5, 0.6) is 0 Å². The van der Waals surface area contributed by atoms with Crippen molar-refractivity contribution in [1.82, 2.24) is 0 Å². The van der Waals surface area contributed by atoms with Crippen molar-refractivity contribution in [2.45, 2.75) is 258 Å². The summed E-state index contributed by atoms with van der Waals surface area (Å²) < 4.78 is 146. The van der Waals surface area contributed by atoms with Gasteiger partial charge >= 0.3 is 6.18 Å². The molecule has 0 saturated heterocycles. The summed E-state index contributed by atoms with van der Waals surface area (Å²) in [5, 5.41) is 0. The number of hydrogen-bond donors (Lipinski definition) is 0. The first-order chi connectivity index (χ1) is 56.5. The van der Waals surface area contributed by atoms with Crippen LogP contribution >= 0.6 is 0 Å². The van der Waals surface area contributed by atoms with E-state index in [9.17, 15) is 43.9 Å². The molecule has 10 aliphatic rings. The number of rotatable bonds is 13. The zero-order chi connectivity index (χ0) is 79.9. The minimum absolute atomic E-state index is 0.0196. The fraction of sp³-hybridized carbons (Fsp3) is 0.396. The molecule has 0 amide bonds. The monoisotopic (exact) mass is 1580 g/mol. The number of alkyl halides is 3. The molecule has 598 valence electrons. The van der Waals surface area contributed by atoms with Gasteiger partial charge in [-0.15, -0.1) is 0 Å². The Hall–Kier alpha value is -9.63. The van der Waals surface area contributed by atoms with Gasteiger partial charge in [0, 0.05) is 91.5 Å². The van der Waals surface area contributed by atoms with Gasteiger partial charge in [-0.25, -0.2) is 30.7 Å². The lowest BCUT2D eigenvalue weighted by Crippen LogP contribution is -2.35. The molecule has 0 unspecified atom stereocenters. The Labute approximate surface area is 675 Å². The van der Waals surface area contributed by atoms with E-state index in [1.54, 1.807) is 39.9 Å². The Kier molecular flexibility index (Phi) is 23.2. The van der Waals surface area contributed by atoms with Gasteiger partial charge in [0.2, 0.25) is 34.3 Å². The Morgan fingerprint density at radius 1 is 0.310 bits per heavy atom. The van der Waals surface area contributed by atoms with Crippen LogP contribution in [0.1, 0.15) is 242 Å². The number of aryl methyl sites for hydroxylation is 6. The molecule has 0 radical (unpaired) electrons. The number of nitrogens with zero attached hydrogens (tertiary/aromatic N) is 5. The molecule has 15 heteroatoms. The van der Waals surface area contributed by atoms with Gasteiger partial charge < -0.3 is 0 Å². The van der Waals surface area contributed by atoms with Crippen LogP contribution in [0, 0.1) is 40.7 Å². The lowest BCUT2D eigenvalue weighted by Gasteiger charge is -2.19. The van der Waals surface area contributed by atoms with Gasteiger partial charge in [-0.1, -0.05) is 95.5 Å². The third kappa shape index (κ3) is 15.6. The molecular weight excluding hydrogens is 1470 g/mol. The van der Waals surface area contributed by atoms with Gasteiger partial charge in [-0.05, 0) is 248 Å². The topological polar surface area (TPSA) is 19.4 Å². The molecule has 5 aliphatic carbocycles. The lowest BCUT2D eigenvalue weighted by atomic mass is 9.85. The second kappa shape index (κ2) is 34.1. The van der Waals surface area contributed by atoms with Crippen LogP contribution in [0.4, 0.5) is 43.9 Å². The molecule has 5 aromatic heterocycles. The summed E-state index contributed by atoms with van der Waals surface area (Å²) in [4.78, 5) is 0. The fourth-order valence-electron chi connectivity index (χ4n) is 20.6. The first-order valence-corrected chi connectivity index (χ1v) is 43.3. The molecule has 0 N–H and O–H groups in total. The van der Waals surface area contributed by atoms with Crippen molar-refractivity contribution in [2.24, 2.45) is 0 Å². The summed E-state index contributed by atoms with van der Waals surface area (Å²) in [6.07, 6.45) is 46.6. The minimum atomic E-state index is -4.27. The largest absolute Gasteiger partial charge is 0.416 e. The van der Waals surface area contributed by atoms with Gasteiger partial charge in [0.25, 0.3) is 0 Å². The predicted octanol–water partition coefficient (Wildman–Crippen LogP) is 23.1. The van der Waals surface area contributed by atoms with Crippen molar-refractivity contribution < 1.29 is 66.7 Å². The summed E-state index contributed by atoms with van der Waals surface area (Å²) in [6.45, 7) is 8.34. The maximum absolute atomic E-state index is 14.2. The highest BCUT2D eigenvalue weighted by atomic mass is 19.4. The molecule has 0 fully saturated rings. The second-order valence-corrected chi connectivity index (χ2v) is 33.9. The molecule has 10 heterocycles. The van der Waals surface area contributed by atoms with Crippen LogP contribution in [-0.4, -0.2) is 0 Å². The Morgan fingerprint density at radius 2 is 0.724 bits per heavy atom. The van der Waals surface area contributed by atoms with Crippen molar-refractivity contribution in [3.05, 3.63) is 287 Å². The van der Waals surface area contributed by atoms with Crippen LogP contribution in [0.3, 0.4) is 0 Å². The Balaban J connectivity index is 0.000000105. The third-order valence-corrected chi connectivity index (χ3v) is 26.3. The van der Waals surface area contributed by atoms with E-state index in [0.717, 1.165) is 122 Å². The van der Waals surface area contributed by atoms with Gasteiger partial charge in [-0.3, -0.25) is 0 Å². The average Bonchev–Trinajstić information content (AvgIpc) is 1.63. The number of aromatic nitrogens is 5. The summed E-state index contributed by atoms with van der Waals surface area (Å²) >= 11 is 0. The summed E-state index contributed by atoms with van der Waals surface area (Å²) in [5.74, 6) is -10.5. The van der Waals surface area contributed by atoms with Crippen LogP contribution in [0.2, 0.25) is 0 Å². The second-order valence-electron chi connectivity index (χ2n) is 33.9. The van der Waals surface area contributed by atoms with E-state index >= 15 is 0 Å². The number of unbranched alkanes of at least 4 members (excludes halogenated alkanes) is 8. The van der Waals surface area contributed by atoms with Crippen molar-refractivity contribution in [2.75, 3.05) is 0 Å². The molecule has 11 aromatic rings. The lowest BCUT2D eigenvalue weighted by molar-refractivity contribution is -0.673. The first kappa shape index (κ1) is 78.9. The van der Waals surface area contributed by atoms with Crippen molar-refractivity contribution in [1.29, 1.82) is 0 Å². The van der Waals surface area contributed by atoms with E-state index in [2.05, 4.69) is 116 Å². The summed E-state index contributed by atoms with van der Waals surface area (Å²) in [5.41, 5.74) is 33.4. The van der Waals surface area contributed by atoms with Gasteiger partial charge in [0.15, 0.2) is 87.0 Å². The maximum atomic E-state index is 14.2. The maximum Gasteiger partial charge on any atom is 0.416 e. The highest BCUT2D eigenvalue weighted by Crippen LogP contribution is 2.44. The zero-order valence-corrected chi connectivity index (χ0v) is 67.0. The van der Waals surface area contributed by atoms with Crippen LogP contribution in [0.25, 0.3) is 67.4 Å². The average molecular weight is 1580 g/mol. The van der Waals surface area contributed by atoms with E-state index in [1.165, 1.54) is 251 Å². The standard InChI is InChI=1S/C24H32N.C22H15F5N.C22H28N.C17H15F3N.C16H14F2N/c1-2-3-4-5-6-7-12-19-17-25-18-20-13-8-9-15-22(20)24(25)23-16-11-10-14-21(19)23;23-17-16(18(24)20(26)21(27)19(17)25)12-5-6-15-13(9-12)10-28-8-7-11-3-1-2-4-14(11)22(15)28;1-2-3-4-5-8-17-11-12-21-19(15-17)16-23-14-13-18-9-6-7-10-20(18)22(21)23;18-17(19,20)13-5-6-15-12(9-13)10-21-8-7-11-3-1-2-4-14(11)16(15)21;17-12-7-11-9-19-6-5-10-3-1-2-4-13(10)16(19)15(11)14(18)8-12/h8-9,13,15,17H,2-7,10-12,14,16,18H2,1H3;5-9H,1-4,10H2;11-15H,2-10,16H2,1H3;5-9H,1-4,10H2;5-8H,1-4,9H2/q5*+1. The molecule has 21 rings (SSSR count). The molecular formula is C101H104F10N5+5. The van der Waals surface area contributed by atoms with Gasteiger partial charge in [0.05, 0.1) is 38.9 Å². The van der Waals surface area contributed by atoms with E-state index < -0.39 is 58.0 Å². The van der Waals surface area contributed by atoms with Crippen LogP contribution < -0.4 is 22.8 Å². The summed E-state index contributed by atoms with van der Waals surface area (Å²) in [7, 11) is 0. The first-order valence-electron chi connectivity index (χ1n) is 43.3. The number of hydrogen-bond acceptors (Lipinski definition) is 0. The van der Waals surface area contributed by atoms with Gasteiger partial charge in [-0.2, -0.15) is 36.0 Å². The molecule has 0 bridgehead atoms. The van der Waals surface area contributed by atoms with E-state index in [-0.39, 0.29) is 5.56 Å². The highest BCUT2D eigenvalue weighted by molar-refractivity contribution is 5.76. The molecule has 5 nitrogen and oxygen atoms in total. The molecule has 6 aromatic carbocycles. The molecule has 0 atom stereocenters. The Bertz CT molecular complexity index is 5590. The van der Waals surface area contributed by atoms with Gasteiger partial charge in [0.1, 0.15) is 11.6 Å².